The summed E-state index contributed by atoms with van der Waals surface area (Å²) in [5.74, 6) is -1.37. The quantitative estimate of drug-likeness (QED) is 0.178. The Balaban J connectivity index is 1.50. The van der Waals surface area contributed by atoms with Crippen molar-refractivity contribution in [2.45, 2.75) is 0 Å². The Morgan fingerprint density at radius 3 is 2.31 bits per heavy atom. The molecule has 0 heterocycles. The van der Waals surface area contributed by atoms with Gasteiger partial charge in [0.2, 0.25) is 0 Å². The monoisotopic (exact) mass is 495 g/mol. The number of esters is 1. The first-order chi connectivity index (χ1) is 15.4. The number of hydrogen-bond acceptors (Lipinski definition) is 6. The van der Waals surface area contributed by atoms with Gasteiger partial charge in [0.05, 0.1) is 18.9 Å². The van der Waals surface area contributed by atoms with Crippen LogP contribution in [0.15, 0.2) is 82.4 Å². The van der Waals surface area contributed by atoms with E-state index in [0.29, 0.717) is 28.3 Å². The lowest BCUT2D eigenvalue weighted by molar-refractivity contribution is -0.136. The van der Waals surface area contributed by atoms with Crippen LogP contribution in [-0.4, -0.2) is 31.1 Å². The van der Waals surface area contributed by atoms with Crippen LogP contribution in [0.2, 0.25) is 0 Å². The van der Waals surface area contributed by atoms with E-state index in [9.17, 15) is 14.4 Å². The Bertz CT molecular complexity index is 1150. The van der Waals surface area contributed by atoms with E-state index in [1.54, 1.807) is 72.8 Å². The molecule has 0 aliphatic carbocycles. The van der Waals surface area contributed by atoms with E-state index in [0.717, 1.165) is 4.47 Å². The predicted molar refractivity (Wildman–Crippen MR) is 123 cm³/mol. The summed E-state index contributed by atoms with van der Waals surface area (Å²) in [6.45, 7) is 0. The zero-order valence-corrected chi connectivity index (χ0v) is 18.5. The van der Waals surface area contributed by atoms with Crippen molar-refractivity contribution >= 4 is 45.6 Å². The number of rotatable bonds is 6. The number of methoxy groups -OCH3 is 1. The number of hydrogen-bond donors (Lipinski definition) is 2. The summed E-state index contributed by atoms with van der Waals surface area (Å²) in [6, 6.07) is 19.9. The van der Waals surface area contributed by atoms with E-state index >= 15 is 0 Å². The number of nitrogens with zero attached hydrogens (tertiary/aromatic N) is 1. The standard InChI is InChI=1S/C23H18BrN3O5/c1-31-20-4-2-3-18(13-20)26-21(28)22(29)27-25-14-15-5-11-19(12-6-15)32-23(30)16-7-9-17(24)10-8-16/h2-14H,1H3,(H,26,28)(H,27,29). The number of ether oxygens (including phenoxy) is 2. The summed E-state index contributed by atoms with van der Waals surface area (Å²) in [6.07, 6.45) is 1.36. The first kappa shape index (κ1) is 22.7. The lowest BCUT2D eigenvalue weighted by Crippen LogP contribution is -2.32. The van der Waals surface area contributed by atoms with Gasteiger partial charge in [0, 0.05) is 16.2 Å². The molecule has 0 saturated heterocycles. The SMILES string of the molecule is COc1cccc(NC(=O)C(=O)NN=Cc2ccc(OC(=O)c3ccc(Br)cc3)cc2)c1. The molecule has 2 amide bonds. The first-order valence-electron chi connectivity index (χ1n) is 9.31. The summed E-state index contributed by atoms with van der Waals surface area (Å²) in [4.78, 5) is 36.0. The predicted octanol–water partition coefficient (Wildman–Crippen LogP) is 3.77. The lowest BCUT2D eigenvalue weighted by Gasteiger charge is -2.06. The van der Waals surface area contributed by atoms with E-state index in [2.05, 4.69) is 31.8 Å². The zero-order chi connectivity index (χ0) is 22.9. The van der Waals surface area contributed by atoms with Crippen LogP contribution in [-0.2, 0) is 9.59 Å². The second-order valence-electron chi connectivity index (χ2n) is 6.35. The molecule has 0 aromatic heterocycles. The van der Waals surface area contributed by atoms with Gasteiger partial charge < -0.3 is 14.8 Å². The molecule has 3 aromatic carbocycles. The number of benzene rings is 3. The number of nitrogens with one attached hydrogen (secondary N) is 2. The fourth-order valence-corrected chi connectivity index (χ4v) is 2.74. The molecule has 0 aliphatic heterocycles. The van der Waals surface area contributed by atoms with Gasteiger partial charge in [-0.2, -0.15) is 5.10 Å². The van der Waals surface area contributed by atoms with Gasteiger partial charge in [-0.25, -0.2) is 10.2 Å². The molecule has 0 fully saturated rings. The van der Waals surface area contributed by atoms with E-state index in [4.69, 9.17) is 9.47 Å². The molecular weight excluding hydrogens is 478 g/mol. The van der Waals surface area contributed by atoms with E-state index in [1.165, 1.54) is 13.3 Å². The third kappa shape index (κ3) is 6.51. The number of hydrazone groups is 1. The van der Waals surface area contributed by atoms with Crippen LogP contribution in [0.25, 0.3) is 0 Å². The van der Waals surface area contributed by atoms with Crippen LogP contribution in [0.4, 0.5) is 5.69 Å². The van der Waals surface area contributed by atoms with E-state index in [1.807, 2.05) is 0 Å². The smallest absolute Gasteiger partial charge is 0.343 e. The summed E-state index contributed by atoms with van der Waals surface area (Å²) < 4.78 is 11.2. The van der Waals surface area contributed by atoms with Gasteiger partial charge in [-0.3, -0.25) is 9.59 Å². The van der Waals surface area contributed by atoms with Gasteiger partial charge in [0.1, 0.15) is 11.5 Å². The largest absolute Gasteiger partial charge is 0.497 e. The Morgan fingerprint density at radius 2 is 1.62 bits per heavy atom. The molecule has 0 radical (unpaired) electrons. The van der Waals surface area contributed by atoms with Crippen molar-refractivity contribution < 1.29 is 23.9 Å². The molecule has 3 rings (SSSR count). The summed E-state index contributed by atoms with van der Waals surface area (Å²) in [7, 11) is 1.50. The van der Waals surface area contributed by atoms with Crippen LogP contribution in [0.1, 0.15) is 15.9 Å². The van der Waals surface area contributed by atoms with Gasteiger partial charge in [-0.1, -0.05) is 22.0 Å². The molecule has 32 heavy (non-hydrogen) atoms. The molecule has 0 aliphatic rings. The zero-order valence-electron chi connectivity index (χ0n) is 16.9. The maximum Gasteiger partial charge on any atom is 0.343 e. The van der Waals surface area contributed by atoms with Gasteiger partial charge in [-0.05, 0) is 66.2 Å². The average molecular weight is 496 g/mol. The third-order valence-corrected chi connectivity index (χ3v) is 4.61. The molecule has 0 unspecified atom stereocenters. The molecule has 0 bridgehead atoms. The Kier molecular flexibility index (Phi) is 7.71. The van der Waals surface area contributed by atoms with Crippen LogP contribution in [0, 0.1) is 0 Å². The van der Waals surface area contributed by atoms with Crippen molar-refractivity contribution in [3.05, 3.63) is 88.4 Å². The number of halogens is 1. The van der Waals surface area contributed by atoms with Crippen LogP contribution in [0.5, 0.6) is 11.5 Å². The van der Waals surface area contributed by atoms with Gasteiger partial charge in [0.15, 0.2) is 0 Å². The maximum atomic E-state index is 12.1. The highest BCUT2D eigenvalue weighted by Gasteiger charge is 2.13. The minimum absolute atomic E-state index is 0.358. The molecule has 8 nitrogen and oxygen atoms in total. The number of amides is 2. The fraction of sp³-hybridized carbons (Fsp3) is 0.0435. The molecule has 2 N–H and O–H groups in total. The van der Waals surface area contributed by atoms with Crippen molar-refractivity contribution in [2.24, 2.45) is 5.10 Å². The van der Waals surface area contributed by atoms with E-state index < -0.39 is 17.8 Å². The van der Waals surface area contributed by atoms with E-state index in [-0.39, 0.29) is 0 Å². The van der Waals surface area contributed by atoms with Crippen molar-refractivity contribution in [3.63, 3.8) is 0 Å². The summed E-state index contributed by atoms with van der Waals surface area (Å²) >= 11 is 3.31. The van der Waals surface area contributed by atoms with Crippen molar-refractivity contribution in [3.8, 4) is 11.5 Å². The van der Waals surface area contributed by atoms with Gasteiger partial charge in [0.25, 0.3) is 0 Å². The molecular formula is C23H18BrN3O5. The normalized spacial score (nSPS) is 10.4. The van der Waals surface area contributed by atoms with Crippen LogP contribution >= 0.6 is 15.9 Å². The highest BCUT2D eigenvalue weighted by Crippen LogP contribution is 2.17. The molecule has 0 saturated carbocycles. The van der Waals surface area contributed by atoms with Crippen molar-refractivity contribution in [1.29, 1.82) is 0 Å². The minimum atomic E-state index is -0.927. The van der Waals surface area contributed by atoms with Gasteiger partial charge >= 0.3 is 17.8 Å². The summed E-state index contributed by atoms with van der Waals surface area (Å²) in [5.41, 5.74) is 3.62. The number of carbonyl (C=O) groups excluding carboxylic acids is 3. The summed E-state index contributed by atoms with van der Waals surface area (Å²) in [5, 5.41) is 6.21. The maximum absolute atomic E-state index is 12.1. The molecule has 3 aromatic rings. The lowest BCUT2D eigenvalue weighted by atomic mass is 10.2. The number of anilines is 1. The molecule has 0 spiro atoms. The second-order valence-corrected chi connectivity index (χ2v) is 7.27. The highest BCUT2D eigenvalue weighted by atomic mass is 79.9. The Labute approximate surface area is 192 Å². The number of carbonyl (C=O) groups is 3. The first-order valence-corrected chi connectivity index (χ1v) is 10.1. The second kappa shape index (κ2) is 10.9. The van der Waals surface area contributed by atoms with Crippen molar-refractivity contribution in [2.75, 3.05) is 12.4 Å². The fourth-order valence-electron chi connectivity index (χ4n) is 2.48. The molecule has 9 heteroatoms. The van der Waals surface area contributed by atoms with Gasteiger partial charge in [-0.15, -0.1) is 0 Å². The molecule has 162 valence electrons. The van der Waals surface area contributed by atoms with Crippen LogP contribution < -0.4 is 20.2 Å². The topological polar surface area (TPSA) is 106 Å². The minimum Gasteiger partial charge on any atom is -0.497 e. The third-order valence-electron chi connectivity index (χ3n) is 4.08. The highest BCUT2D eigenvalue weighted by molar-refractivity contribution is 9.10. The Morgan fingerprint density at radius 1 is 0.906 bits per heavy atom. The molecule has 0 atom stereocenters. The average Bonchev–Trinajstić information content (AvgIpc) is 2.80. The Hall–Kier alpha value is -3.98. The van der Waals surface area contributed by atoms with Crippen molar-refractivity contribution in [1.82, 2.24) is 5.43 Å². The van der Waals surface area contributed by atoms with Crippen LogP contribution in [0.3, 0.4) is 0 Å².